The van der Waals surface area contributed by atoms with Crippen LogP contribution in [0.1, 0.15) is 212 Å². The normalized spacial score (nSPS) is 14.8. The second-order valence-electron chi connectivity index (χ2n) is 22.7. The quantitative estimate of drug-likeness (QED) is 0.0401. The van der Waals surface area contributed by atoms with Gasteiger partial charge in [0, 0.05) is 81.1 Å². The SMILES string of the molecule is C[C@@H](O)[C@H](NC(=O)[C@H](CCCCNC(=O)CNCC(=O)[C@H](CO)NC(=O)CC[C@H](NC(=O)CC[C@H](CC(=O)CCCCCCCCCCCCCCCCC(=O)O)C(=O)O)C(=O)O)CCC(=O)C1(CC(=O)CCc2ccc[nH]2)CCC1)C(N)=O. The van der Waals surface area contributed by atoms with Gasteiger partial charge in [-0.2, -0.15) is 0 Å². The number of amides is 5. The van der Waals surface area contributed by atoms with Gasteiger partial charge in [-0.05, 0) is 83.3 Å². The molecule has 6 atom stereocenters. The molecule has 1 saturated carbocycles. The predicted molar refractivity (Wildman–Crippen MR) is 310 cm³/mol. The number of rotatable bonds is 53. The van der Waals surface area contributed by atoms with Crippen molar-refractivity contribution in [2.45, 2.75) is 237 Å². The van der Waals surface area contributed by atoms with Gasteiger partial charge in [-0.25, -0.2) is 4.79 Å². The number of carbonyl (C=O) groups excluding carboxylic acids is 9. The molecule has 0 radical (unpaired) electrons. The smallest absolute Gasteiger partial charge is 0.326 e. The third kappa shape index (κ3) is 32.0. The number of aliphatic carboxylic acids is 3. The first-order valence-corrected chi connectivity index (χ1v) is 30.4. The summed E-state index contributed by atoms with van der Waals surface area (Å²) in [4.78, 5) is 153. The minimum atomic E-state index is -1.55. The number of hydrogen-bond acceptors (Lipinski definition) is 15. The van der Waals surface area contributed by atoms with Crippen LogP contribution < -0.4 is 32.3 Å². The second-order valence-corrected chi connectivity index (χ2v) is 22.7. The lowest BCUT2D eigenvalue weighted by Gasteiger charge is -2.40. The number of aromatic amines is 1. The number of aryl methyl sites for hydroxylation is 1. The van der Waals surface area contributed by atoms with E-state index in [1.807, 2.05) is 12.1 Å². The molecule has 13 N–H and O–H groups in total. The molecule has 0 spiro atoms. The van der Waals surface area contributed by atoms with E-state index >= 15 is 0 Å². The molecule has 1 aliphatic rings. The zero-order valence-corrected chi connectivity index (χ0v) is 49.4. The van der Waals surface area contributed by atoms with Gasteiger partial charge in [0.25, 0.3) is 0 Å². The highest BCUT2D eigenvalue weighted by Gasteiger charge is 2.45. The third-order valence-corrected chi connectivity index (χ3v) is 15.7. The lowest BCUT2D eigenvalue weighted by atomic mass is 9.62. The number of nitrogens with two attached hydrogens (primary N) is 1. The first-order chi connectivity index (χ1) is 40.1. The van der Waals surface area contributed by atoms with E-state index in [0.717, 1.165) is 69.9 Å². The largest absolute Gasteiger partial charge is 0.481 e. The average molecular weight is 1190 g/mol. The van der Waals surface area contributed by atoms with E-state index in [4.69, 9.17) is 10.8 Å². The van der Waals surface area contributed by atoms with Gasteiger partial charge in [0.05, 0.1) is 31.7 Å². The Morgan fingerprint density at radius 3 is 1.69 bits per heavy atom. The lowest BCUT2D eigenvalue weighted by molar-refractivity contribution is -0.145. The highest BCUT2D eigenvalue weighted by molar-refractivity contribution is 5.93. The molecule has 0 bridgehead atoms. The van der Waals surface area contributed by atoms with Crippen molar-refractivity contribution in [1.82, 2.24) is 31.6 Å². The van der Waals surface area contributed by atoms with E-state index in [-0.39, 0.29) is 88.2 Å². The number of nitrogens with one attached hydrogen (secondary N) is 6. The van der Waals surface area contributed by atoms with Gasteiger partial charge in [-0.3, -0.25) is 52.7 Å². The first kappa shape index (κ1) is 73.7. The Morgan fingerprint density at radius 1 is 0.607 bits per heavy atom. The van der Waals surface area contributed by atoms with Gasteiger partial charge in [-0.1, -0.05) is 89.9 Å². The highest BCUT2D eigenvalue weighted by atomic mass is 16.4. The highest BCUT2D eigenvalue weighted by Crippen LogP contribution is 2.46. The zero-order chi connectivity index (χ0) is 62.3. The maximum Gasteiger partial charge on any atom is 0.326 e. The van der Waals surface area contributed by atoms with Crippen LogP contribution in [0.2, 0.25) is 0 Å². The van der Waals surface area contributed by atoms with Crippen molar-refractivity contribution < 1.29 is 83.1 Å². The van der Waals surface area contributed by atoms with Crippen LogP contribution in [0, 0.1) is 17.3 Å². The molecule has 24 nitrogen and oxygen atoms in total. The molecule has 2 rings (SSSR count). The summed E-state index contributed by atoms with van der Waals surface area (Å²) in [6.45, 7) is -0.126. The fraction of sp³-hybridized carbons (Fsp3) is 0.733. The Balaban J connectivity index is 1.69. The van der Waals surface area contributed by atoms with E-state index in [1.54, 1.807) is 6.20 Å². The number of ketones is 4. The van der Waals surface area contributed by atoms with Gasteiger partial charge >= 0.3 is 17.9 Å². The Labute approximate surface area is 493 Å². The summed E-state index contributed by atoms with van der Waals surface area (Å²) in [7, 11) is 0. The van der Waals surface area contributed by atoms with Crippen LogP contribution in [0.3, 0.4) is 0 Å². The van der Waals surface area contributed by atoms with Crippen LogP contribution >= 0.6 is 0 Å². The fourth-order valence-corrected chi connectivity index (χ4v) is 10.3. The van der Waals surface area contributed by atoms with Crippen LogP contribution in [-0.4, -0.2) is 152 Å². The van der Waals surface area contributed by atoms with Crippen molar-refractivity contribution in [2.24, 2.45) is 23.0 Å². The molecule has 5 amide bonds. The molecule has 1 heterocycles. The van der Waals surface area contributed by atoms with Crippen LogP contribution in [-0.2, 0) is 64.0 Å². The number of carboxylic acid groups (broad SMARTS) is 3. The summed E-state index contributed by atoms with van der Waals surface area (Å²) in [6.07, 6.45) is 17.6. The number of aliphatic hydroxyl groups excluding tert-OH is 2. The Hall–Kier alpha value is -6.40. The van der Waals surface area contributed by atoms with Crippen molar-refractivity contribution in [3.8, 4) is 0 Å². The van der Waals surface area contributed by atoms with E-state index < -0.39 is 121 Å². The predicted octanol–water partition coefficient (Wildman–Crippen LogP) is 4.43. The number of Topliss-reactive ketones (excluding diaryl/α,β-unsaturated/α-hetero) is 4. The molecule has 0 aromatic carbocycles. The molecular weight excluding hydrogens is 1090 g/mol. The number of aliphatic hydroxyl groups is 2. The maximum absolute atomic E-state index is 13.6. The number of primary amides is 1. The van der Waals surface area contributed by atoms with Crippen molar-refractivity contribution >= 4 is 70.6 Å². The number of carboxylic acids is 3. The van der Waals surface area contributed by atoms with Crippen LogP contribution in [0.4, 0.5) is 0 Å². The monoisotopic (exact) mass is 1190 g/mol. The molecule has 24 heteroatoms. The Bertz CT molecular complexity index is 2230. The lowest BCUT2D eigenvalue weighted by Crippen LogP contribution is -2.52. The standard InChI is InChI=1S/C60H97N7O17/c1-41(69)55(56(61)79)67-57(80)42(24-29-50(73)60(32-19-33-60)37-46(71)27-26-44-21-18-35-63-44)20-16-17-34-64-53(76)39-62-38-49(72)48(40-68)66-52(75)31-28-47(59(83)84)65-51(74)30-25-43(58(81)82)36-45(70)22-14-12-10-8-6-4-2-3-5-7-9-11-13-15-23-54(77)78/h18,21,35,41-43,47-48,55,62-63,68-69H,2-17,19-20,22-34,36-40H2,1H3,(H2,61,79)(H,64,76)(H,65,74)(H,66,75)(H,67,80)(H,77,78)(H,81,82)(H,83,84)/t41-,42-,43-,47+,48+,55+/m1/s1. The molecule has 1 aromatic rings. The van der Waals surface area contributed by atoms with Crippen LogP contribution in [0.25, 0.3) is 0 Å². The van der Waals surface area contributed by atoms with Crippen molar-refractivity contribution in [2.75, 3.05) is 26.2 Å². The molecular formula is C60H97N7O17. The van der Waals surface area contributed by atoms with E-state index in [0.29, 0.717) is 44.9 Å². The minimum absolute atomic E-state index is 0.0158. The Morgan fingerprint density at radius 2 is 1.18 bits per heavy atom. The molecule has 0 saturated heterocycles. The van der Waals surface area contributed by atoms with Gasteiger partial charge in [0.1, 0.15) is 35.5 Å². The second kappa shape index (κ2) is 42.4. The van der Waals surface area contributed by atoms with Crippen LogP contribution in [0.5, 0.6) is 0 Å². The summed E-state index contributed by atoms with van der Waals surface area (Å²) in [5.41, 5.74) is 5.55. The molecule has 1 aliphatic carbocycles. The molecule has 1 aromatic heterocycles. The van der Waals surface area contributed by atoms with Gasteiger partial charge < -0.3 is 62.8 Å². The van der Waals surface area contributed by atoms with Crippen LogP contribution in [0.15, 0.2) is 18.3 Å². The minimum Gasteiger partial charge on any atom is -0.481 e. The van der Waals surface area contributed by atoms with Gasteiger partial charge in [0.15, 0.2) is 5.78 Å². The molecule has 0 aliphatic heterocycles. The van der Waals surface area contributed by atoms with E-state index in [9.17, 15) is 78.0 Å². The zero-order valence-electron chi connectivity index (χ0n) is 49.4. The maximum atomic E-state index is 13.6. The number of hydrogen-bond donors (Lipinski definition) is 12. The summed E-state index contributed by atoms with van der Waals surface area (Å²) in [5, 5.41) is 60.4. The average Bonchev–Trinajstić information content (AvgIpc) is 4.05. The molecule has 1 fully saturated rings. The number of aromatic nitrogens is 1. The fourth-order valence-electron chi connectivity index (χ4n) is 10.3. The number of H-pyrrole nitrogens is 1. The van der Waals surface area contributed by atoms with Crippen molar-refractivity contribution in [1.29, 1.82) is 0 Å². The van der Waals surface area contributed by atoms with E-state index in [1.165, 1.54) is 32.6 Å². The number of unbranched alkanes of at least 4 members (excludes halogenated alkanes) is 14. The summed E-state index contributed by atoms with van der Waals surface area (Å²) < 4.78 is 0. The van der Waals surface area contributed by atoms with Gasteiger partial charge in [0.2, 0.25) is 29.5 Å². The summed E-state index contributed by atoms with van der Waals surface area (Å²) in [6, 6.07) is -0.597. The third-order valence-electron chi connectivity index (χ3n) is 15.7. The Kier molecular flexibility index (Phi) is 37.2. The molecule has 474 valence electrons. The van der Waals surface area contributed by atoms with Crippen molar-refractivity contribution in [3.63, 3.8) is 0 Å². The molecule has 84 heavy (non-hydrogen) atoms. The van der Waals surface area contributed by atoms with Crippen molar-refractivity contribution in [3.05, 3.63) is 24.0 Å². The van der Waals surface area contributed by atoms with Gasteiger partial charge in [-0.15, -0.1) is 0 Å². The summed E-state index contributed by atoms with van der Waals surface area (Å²) >= 11 is 0. The number of carbonyl (C=O) groups is 12. The molecule has 0 unspecified atom stereocenters. The topological polar surface area (TPSA) is 408 Å². The van der Waals surface area contributed by atoms with E-state index in [2.05, 4.69) is 31.6 Å². The summed E-state index contributed by atoms with van der Waals surface area (Å²) in [5.74, 6) is -10.1. The first-order valence-electron chi connectivity index (χ1n) is 30.4.